The Labute approximate surface area is 115 Å². The van der Waals surface area contributed by atoms with Gasteiger partial charge in [-0.2, -0.15) is 0 Å². The van der Waals surface area contributed by atoms with E-state index in [1.807, 2.05) is 0 Å². The number of likely N-dealkylation sites (N-methyl/N-ethyl adjacent to an activating group) is 1. The molecule has 0 spiro atoms. The van der Waals surface area contributed by atoms with Gasteiger partial charge < -0.3 is 9.88 Å². The molecule has 4 rings (SSSR count). The first kappa shape index (κ1) is 11.1. The highest BCUT2D eigenvalue weighted by molar-refractivity contribution is 9.10. The Morgan fingerprint density at radius 3 is 3.17 bits per heavy atom. The largest absolute Gasteiger partial charge is 0.349 e. The number of hydrogen-bond acceptors (Lipinski definition) is 1. The van der Waals surface area contributed by atoms with Gasteiger partial charge >= 0.3 is 0 Å². The van der Waals surface area contributed by atoms with Crippen LogP contribution in [0.25, 0.3) is 10.9 Å². The molecule has 1 aromatic heterocycles. The molecule has 1 saturated heterocycles. The lowest BCUT2D eigenvalue weighted by Gasteiger charge is -2.42. The maximum atomic E-state index is 3.70. The fourth-order valence-electron chi connectivity index (χ4n) is 3.91. The summed E-state index contributed by atoms with van der Waals surface area (Å²) in [6.45, 7) is 1.24. The molecular weight excluding hydrogens is 288 g/mol. The van der Waals surface area contributed by atoms with Gasteiger partial charge in [0.15, 0.2) is 0 Å². The Morgan fingerprint density at radius 2 is 2.28 bits per heavy atom. The smallest absolute Gasteiger partial charge is 0.0864 e. The minimum atomic E-state index is 0.684. The van der Waals surface area contributed by atoms with Crippen molar-refractivity contribution in [3.05, 3.63) is 33.9 Å². The number of hydrogen-bond donors (Lipinski definition) is 1. The van der Waals surface area contributed by atoms with Crippen LogP contribution < -0.4 is 0 Å². The van der Waals surface area contributed by atoms with Gasteiger partial charge in [-0.15, -0.1) is 0 Å². The first-order chi connectivity index (χ1) is 8.75. The van der Waals surface area contributed by atoms with Crippen molar-refractivity contribution in [1.29, 1.82) is 0 Å². The van der Waals surface area contributed by atoms with Crippen LogP contribution in [0.15, 0.2) is 22.8 Å². The van der Waals surface area contributed by atoms with Crippen molar-refractivity contribution in [2.45, 2.75) is 31.2 Å². The van der Waals surface area contributed by atoms with Crippen LogP contribution in [0.2, 0.25) is 0 Å². The average molecular weight is 305 g/mol. The molecule has 2 heterocycles. The minimum Gasteiger partial charge on any atom is -0.349 e. The molecule has 0 bridgehead atoms. The SMILES string of the molecule is CN1CCCC2c3cccc4[nH]c(Br)c(c34)C[C@H]21. The number of H-pyrrole nitrogens is 1. The summed E-state index contributed by atoms with van der Waals surface area (Å²) in [6.07, 6.45) is 3.85. The summed E-state index contributed by atoms with van der Waals surface area (Å²) in [6, 6.07) is 7.41. The second-order valence-electron chi connectivity index (χ2n) is 5.69. The molecule has 1 unspecified atom stereocenters. The fraction of sp³-hybridized carbons (Fsp3) is 0.467. The Morgan fingerprint density at radius 1 is 1.39 bits per heavy atom. The summed E-state index contributed by atoms with van der Waals surface area (Å²) in [7, 11) is 2.28. The molecule has 1 N–H and O–H groups in total. The van der Waals surface area contributed by atoms with Crippen LogP contribution in [0.4, 0.5) is 0 Å². The molecule has 94 valence electrons. The minimum absolute atomic E-state index is 0.684. The molecule has 2 aromatic rings. The van der Waals surface area contributed by atoms with Crippen molar-refractivity contribution in [2.75, 3.05) is 13.6 Å². The number of rotatable bonds is 0. The number of likely N-dealkylation sites (tertiary alicyclic amines) is 1. The summed E-state index contributed by atoms with van der Waals surface area (Å²) >= 11 is 3.70. The lowest BCUT2D eigenvalue weighted by atomic mass is 9.75. The molecule has 2 aliphatic rings. The van der Waals surface area contributed by atoms with Crippen LogP contribution in [0.5, 0.6) is 0 Å². The highest BCUT2D eigenvalue weighted by Crippen LogP contribution is 2.44. The van der Waals surface area contributed by atoms with Crippen molar-refractivity contribution in [3.8, 4) is 0 Å². The number of aromatic nitrogens is 1. The molecule has 1 fully saturated rings. The molecule has 2 atom stereocenters. The van der Waals surface area contributed by atoms with E-state index in [1.165, 1.54) is 46.9 Å². The summed E-state index contributed by atoms with van der Waals surface area (Å²) in [5.74, 6) is 0.725. The van der Waals surface area contributed by atoms with Gasteiger partial charge in [-0.05, 0) is 66.0 Å². The van der Waals surface area contributed by atoms with Crippen LogP contribution in [0.3, 0.4) is 0 Å². The first-order valence-electron chi connectivity index (χ1n) is 6.75. The number of fused-ring (bicyclic) bond motifs is 2. The molecule has 18 heavy (non-hydrogen) atoms. The van der Waals surface area contributed by atoms with Crippen LogP contribution >= 0.6 is 15.9 Å². The lowest BCUT2D eigenvalue weighted by Crippen LogP contribution is -2.44. The van der Waals surface area contributed by atoms with Gasteiger partial charge in [0.2, 0.25) is 0 Å². The second-order valence-corrected chi connectivity index (χ2v) is 6.48. The van der Waals surface area contributed by atoms with E-state index in [9.17, 15) is 0 Å². The van der Waals surface area contributed by atoms with Crippen LogP contribution in [0.1, 0.15) is 29.9 Å². The van der Waals surface area contributed by atoms with E-state index >= 15 is 0 Å². The number of piperidine rings is 1. The molecular formula is C15H17BrN2. The second kappa shape index (κ2) is 3.84. The van der Waals surface area contributed by atoms with Gasteiger partial charge in [0, 0.05) is 22.9 Å². The molecule has 0 saturated carbocycles. The predicted molar refractivity (Wildman–Crippen MR) is 78.1 cm³/mol. The Kier molecular flexibility index (Phi) is 2.36. The normalized spacial score (nSPS) is 27.4. The van der Waals surface area contributed by atoms with Gasteiger partial charge in [0.05, 0.1) is 4.60 Å². The highest BCUT2D eigenvalue weighted by atomic mass is 79.9. The third-order valence-corrected chi connectivity index (χ3v) is 5.45. The number of benzene rings is 1. The Balaban J connectivity index is 1.98. The zero-order valence-corrected chi connectivity index (χ0v) is 12.1. The number of aromatic amines is 1. The summed E-state index contributed by atoms with van der Waals surface area (Å²) in [5, 5.41) is 1.49. The van der Waals surface area contributed by atoms with Crippen LogP contribution in [-0.2, 0) is 6.42 Å². The van der Waals surface area contributed by atoms with Crippen LogP contribution in [-0.4, -0.2) is 29.5 Å². The molecule has 3 heteroatoms. The monoisotopic (exact) mass is 304 g/mol. The molecule has 1 aromatic carbocycles. The molecule has 1 aliphatic carbocycles. The summed E-state index contributed by atoms with van der Waals surface area (Å²) in [5.41, 5.74) is 4.34. The van der Waals surface area contributed by atoms with E-state index in [0.29, 0.717) is 6.04 Å². The number of nitrogens with one attached hydrogen (secondary N) is 1. The predicted octanol–water partition coefficient (Wildman–Crippen LogP) is 3.66. The lowest BCUT2D eigenvalue weighted by molar-refractivity contribution is 0.157. The third-order valence-electron chi connectivity index (χ3n) is 4.78. The van der Waals surface area contributed by atoms with Crippen molar-refractivity contribution >= 4 is 26.8 Å². The average Bonchev–Trinajstić information content (AvgIpc) is 2.69. The first-order valence-corrected chi connectivity index (χ1v) is 7.54. The molecule has 0 amide bonds. The van der Waals surface area contributed by atoms with E-state index in [4.69, 9.17) is 0 Å². The van der Waals surface area contributed by atoms with Gasteiger partial charge in [0.1, 0.15) is 0 Å². The topological polar surface area (TPSA) is 19.0 Å². The summed E-state index contributed by atoms with van der Waals surface area (Å²) < 4.78 is 1.18. The summed E-state index contributed by atoms with van der Waals surface area (Å²) in [4.78, 5) is 6.03. The fourth-order valence-corrected chi connectivity index (χ4v) is 4.48. The van der Waals surface area contributed by atoms with Crippen LogP contribution in [0, 0.1) is 0 Å². The number of nitrogens with zero attached hydrogens (tertiary/aromatic N) is 1. The van der Waals surface area contributed by atoms with E-state index < -0.39 is 0 Å². The van der Waals surface area contributed by atoms with Gasteiger partial charge in [0.25, 0.3) is 0 Å². The maximum absolute atomic E-state index is 3.70. The zero-order valence-electron chi connectivity index (χ0n) is 10.5. The molecule has 0 radical (unpaired) electrons. The van der Waals surface area contributed by atoms with Gasteiger partial charge in [-0.25, -0.2) is 0 Å². The Hall–Kier alpha value is -0.800. The molecule has 1 aliphatic heterocycles. The maximum Gasteiger partial charge on any atom is 0.0864 e. The Bertz CT molecular complexity index is 616. The van der Waals surface area contributed by atoms with Crippen molar-refractivity contribution in [3.63, 3.8) is 0 Å². The van der Waals surface area contributed by atoms with E-state index in [1.54, 1.807) is 5.56 Å². The highest BCUT2D eigenvalue weighted by Gasteiger charge is 2.36. The van der Waals surface area contributed by atoms with E-state index in [0.717, 1.165) is 5.92 Å². The standard InChI is InChI=1S/C15H17BrN2/c1-18-7-3-5-9-10-4-2-6-12-14(10)11(8-13(9)18)15(16)17-12/h2,4,6,9,13,17H,3,5,7-8H2,1H3/t9?,13-/m1/s1. The third kappa shape index (κ3) is 1.38. The molecule has 2 nitrogen and oxygen atoms in total. The van der Waals surface area contributed by atoms with Crippen molar-refractivity contribution in [1.82, 2.24) is 9.88 Å². The number of halogens is 1. The zero-order chi connectivity index (χ0) is 12.3. The van der Waals surface area contributed by atoms with Gasteiger partial charge in [-0.3, -0.25) is 0 Å². The quantitative estimate of drug-likeness (QED) is 0.787. The van der Waals surface area contributed by atoms with Crippen molar-refractivity contribution < 1.29 is 0 Å². The van der Waals surface area contributed by atoms with E-state index in [-0.39, 0.29) is 0 Å². The van der Waals surface area contributed by atoms with Gasteiger partial charge in [-0.1, -0.05) is 12.1 Å². The van der Waals surface area contributed by atoms with E-state index in [2.05, 4.69) is 51.1 Å². The van der Waals surface area contributed by atoms with Crippen molar-refractivity contribution in [2.24, 2.45) is 0 Å².